The maximum absolute atomic E-state index is 17.1. The average molecular weight is 496 g/mol. The minimum atomic E-state index is -5.17. The molecule has 0 heterocycles. The van der Waals surface area contributed by atoms with Crippen molar-refractivity contribution in [1.82, 2.24) is 0 Å². The van der Waals surface area contributed by atoms with Crippen LogP contribution in [0.2, 0.25) is 0 Å². The summed E-state index contributed by atoms with van der Waals surface area (Å²) in [5, 5.41) is 21.0. The van der Waals surface area contributed by atoms with E-state index in [-0.39, 0.29) is 48.2 Å². The van der Waals surface area contributed by atoms with Gasteiger partial charge in [0.25, 0.3) is 0 Å². The van der Waals surface area contributed by atoms with Crippen molar-refractivity contribution in [2.24, 2.45) is 28.6 Å². The van der Waals surface area contributed by atoms with Gasteiger partial charge < -0.3 is 20.0 Å². The van der Waals surface area contributed by atoms with Crippen molar-refractivity contribution < 1.29 is 43.1 Å². The summed E-state index contributed by atoms with van der Waals surface area (Å²) < 4.78 is 34.2. The Balaban J connectivity index is 0.00000306. The molecule has 0 radical (unpaired) electrons. The van der Waals surface area contributed by atoms with E-state index in [2.05, 4.69) is 0 Å². The third-order valence-electron chi connectivity index (χ3n) is 9.00. The molecule has 0 bridgehead atoms. The normalized spacial score (nSPS) is 46.5. The van der Waals surface area contributed by atoms with Crippen molar-refractivity contribution in [3.05, 3.63) is 23.8 Å². The van der Waals surface area contributed by atoms with Crippen LogP contribution in [0.3, 0.4) is 0 Å². The predicted octanol–water partition coefficient (Wildman–Crippen LogP) is 1.36. The first-order valence-electron chi connectivity index (χ1n) is 10.9. The van der Waals surface area contributed by atoms with Gasteiger partial charge in [-0.05, 0) is 56.6 Å². The van der Waals surface area contributed by atoms with Crippen LogP contribution in [0, 0.1) is 28.6 Å². The number of ketones is 2. The van der Waals surface area contributed by atoms with Crippen LogP contribution in [0.15, 0.2) is 23.8 Å². The van der Waals surface area contributed by atoms with Gasteiger partial charge in [-0.3, -0.25) is 14.1 Å². The molecule has 180 valence electrons. The number of rotatable bonds is 4. The molecule has 0 aromatic heterocycles. The van der Waals surface area contributed by atoms with Gasteiger partial charge in [-0.15, -0.1) is 0 Å². The van der Waals surface area contributed by atoms with Crippen LogP contribution in [0.1, 0.15) is 46.5 Å². The van der Waals surface area contributed by atoms with Gasteiger partial charge in [0.15, 0.2) is 17.2 Å². The van der Waals surface area contributed by atoms with Crippen molar-refractivity contribution in [2.75, 3.05) is 6.61 Å². The van der Waals surface area contributed by atoms with Crippen LogP contribution in [0.4, 0.5) is 4.39 Å². The van der Waals surface area contributed by atoms with Gasteiger partial charge in [0.2, 0.25) is 0 Å². The van der Waals surface area contributed by atoms with E-state index >= 15 is 4.39 Å². The number of halogens is 1. The molecule has 8 nitrogen and oxygen atoms in total. The second-order valence-corrected chi connectivity index (χ2v) is 11.5. The fraction of sp³-hybridized carbons (Fsp3) is 0.727. The van der Waals surface area contributed by atoms with E-state index in [0.717, 1.165) is 0 Å². The summed E-state index contributed by atoms with van der Waals surface area (Å²) >= 11 is 0. The number of hydrogen-bond donors (Lipinski definition) is 4. The van der Waals surface area contributed by atoms with E-state index in [1.165, 1.54) is 18.2 Å². The molecule has 0 spiro atoms. The summed E-state index contributed by atoms with van der Waals surface area (Å²) in [6, 6.07) is 0. The molecule has 0 aliphatic heterocycles. The second kappa shape index (κ2) is 8.43. The summed E-state index contributed by atoms with van der Waals surface area (Å²) in [7, 11) is -5.17. The zero-order valence-electron chi connectivity index (χ0n) is 18.3. The van der Waals surface area contributed by atoms with E-state index in [0.29, 0.717) is 18.4 Å². The second-order valence-electron chi connectivity index (χ2n) is 10.3. The van der Waals surface area contributed by atoms with Crippen LogP contribution >= 0.6 is 7.82 Å². The predicted molar refractivity (Wildman–Crippen MR) is 118 cm³/mol. The Hall–Kier alpha value is -0.220. The number of hydrogen-bond acceptors (Lipinski definition) is 6. The SMILES string of the molecule is C[C@@H]1CC2[C@H]3CCC4=CC(=O)C=C[C@]4(C)[C@@]3(F)[C@@H](O)C[C@]2(C)[C@@]1(OP(=O)(O)O)C(=O)CO.[NaH]. The quantitative estimate of drug-likeness (QED) is 0.338. The molecule has 0 saturated heterocycles. The van der Waals surface area contributed by atoms with Crippen LogP contribution in [0.25, 0.3) is 0 Å². The van der Waals surface area contributed by atoms with Crippen LogP contribution in [-0.4, -0.2) is 85.1 Å². The van der Waals surface area contributed by atoms with Crippen LogP contribution < -0.4 is 0 Å². The van der Waals surface area contributed by atoms with Gasteiger partial charge in [0.05, 0.1) is 6.10 Å². The maximum atomic E-state index is 17.1. The molecule has 3 fully saturated rings. The Kier molecular flexibility index (Phi) is 6.99. The molecule has 0 aromatic rings. The monoisotopic (exact) mass is 496 g/mol. The van der Waals surface area contributed by atoms with Gasteiger partial charge in [-0.2, -0.15) is 0 Å². The Morgan fingerprint density at radius 3 is 2.52 bits per heavy atom. The van der Waals surface area contributed by atoms with E-state index in [1.807, 2.05) is 0 Å². The molecule has 0 aromatic carbocycles. The first kappa shape index (κ1) is 27.4. The van der Waals surface area contributed by atoms with Crippen molar-refractivity contribution in [3.8, 4) is 0 Å². The number of allylic oxidation sites excluding steroid dienone is 4. The number of Topliss-reactive ketones (excluding diaryl/α,β-unsaturated/α-hetero) is 1. The summed E-state index contributed by atoms with van der Waals surface area (Å²) in [4.78, 5) is 44.2. The standard InChI is InChI=1S/C22H30FO8P.Na.H/c1-12-8-16-15-5-4-13-9-14(25)6-7-19(13,2)21(15,23)17(26)10-20(16,3)22(12,18(27)11-24)31-32(28,29)30;;/h6-7,9,12,15-17,24,26H,4-5,8,10-11H2,1-3H3,(H2,28,29,30);;/t12-,15-,16?,17+,19+,20+,21+,22+;;/m1../s1. The number of phosphoric acid groups is 1. The number of carbonyl (C=O) groups excluding carboxylic acids is 2. The number of phosphoric ester groups is 1. The van der Waals surface area contributed by atoms with E-state index in [9.17, 15) is 34.2 Å². The number of aliphatic hydroxyl groups excluding tert-OH is 2. The van der Waals surface area contributed by atoms with Crippen molar-refractivity contribution in [2.45, 2.75) is 63.8 Å². The van der Waals surface area contributed by atoms with Gasteiger partial charge in [0, 0.05) is 16.7 Å². The van der Waals surface area contributed by atoms with Gasteiger partial charge >= 0.3 is 37.4 Å². The zero-order valence-corrected chi connectivity index (χ0v) is 19.2. The fourth-order valence-electron chi connectivity index (χ4n) is 7.67. The van der Waals surface area contributed by atoms with Gasteiger partial charge in [-0.25, -0.2) is 8.96 Å². The summed E-state index contributed by atoms with van der Waals surface area (Å²) in [5.41, 5.74) is -6.13. The number of carbonyl (C=O) groups is 2. The molecular weight excluding hydrogens is 465 g/mol. The van der Waals surface area contributed by atoms with Gasteiger partial charge in [0.1, 0.15) is 12.2 Å². The number of aliphatic hydroxyl groups is 2. The molecule has 4 aliphatic carbocycles. The third-order valence-corrected chi connectivity index (χ3v) is 9.53. The molecule has 11 heteroatoms. The molecule has 33 heavy (non-hydrogen) atoms. The zero-order chi connectivity index (χ0) is 23.9. The molecule has 3 saturated carbocycles. The van der Waals surface area contributed by atoms with Crippen LogP contribution in [0.5, 0.6) is 0 Å². The number of alkyl halides is 1. The Labute approximate surface area is 214 Å². The van der Waals surface area contributed by atoms with E-state index in [4.69, 9.17) is 4.52 Å². The number of fused-ring (bicyclic) bond motifs is 5. The Morgan fingerprint density at radius 1 is 1.30 bits per heavy atom. The third kappa shape index (κ3) is 3.50. The van der Waals surface area contributed by atoms with Crippen molar-refractivity contribution >= 4 is 48.9 Å². The summed E-state index contributed by atoms with van der Waals surface area (Å²) in [5.74, 6) is -3.13. The van der Waals surface area contributed by atoms with E-state index in [1.54, 1.807) is 20.8 Å². The molecule has 1 unspecified atom stereocenters. The molecule has 4 rings (SSSR count). The summed E-state index contributed by atoms with van der Waals surface area (Å²) in [6.45, 7) is 3.87. The topological polar surface area (TPSA) is 141 Å². The molecule has 4 N–H and O–H groups in total. The molecular formula is C22H31FNaO8P. The minimum absolute atomic E-state index is 0. The van der Waals surface area contributed by atoms with Crippen LogP contribution in [-0.2, 0) is 18.7 Å². The Bertz CT molecular complexity index is 979. The van der Waals surface area contributed by atoms with Gasteiger partial charge in [-0.1, -0.05) is 25.5 Å². The van der Waals surface area contributed by atoms with E-state index < -0.39 is 66.2 Å². The molecule has 0 amide bonds. The first-order valence-corrected chi connectivity index (χ1v) is 12.4. The molecule has 4 aliphatic rings. The first-order chi connectivity index (χ1) is 14.7. The van der Waals surface area contributed by atoms with Crippen molar-refractivity contribution in [3.63, 3.8) is 0 Å². The average Bonchev–Trinajstić information content (AvgIpc) is 2.90. The Morgan fingerprint density at radius 2 is 1.94 bits per heavy atom. The fourth-order valence-corrected chi connectivity index (χ4v) is 8.54. The summed E-state index contributed by atoms with van der Waals surface area (Å²) in [6.07, 6.45) is 3.34. The van der Waals surface area contributed by atoms with Crippen molar-refractivity contribution in [1.29, 1.82) is 0 Å². The molecule has 8 atom stereocenters.